The highest BCUT2D eigenvalue weighted by atomic mass is 35.5. The maximum Gasteiger partial charge on any atom is 0.182 e. The minimum absolute atomic E-state index is 0.0284. The van der Waals surface area contributed by atoms with Crippen LogP contribution in [0.1, 0.15) is 33.1 Å². The van der Waals surface area contributed by atoms with Crippen LogP contribution in [0.25, 0.3) is 0 Å². The first-order valence-corrected chi connectivity index (χ1v) is 9.45. The molecule has 0 bridgehead atoms. The van der Waals surface area contributed by atoms with E-state index >= 15 is 0 Å². The molecule has 3 nitrogen and oxygen atoms in total. The highest BCUT2D eigenvalue weighted by Crippen LogP contribution is 2.36. The monoisotopic (exact) mass is 329 g/mol. The average Bonchev–Trinajstić information content (AvgIpc) is 2.46. The second-order valence-corrected chi connectivity index (χ2v) is 8.85. The maximum atomic E-state index is 13.0. The Labute approximate surface area is 133 Å². The molecule has 118 valence electrons. The lowest BCUT2D eigenvalue weighted by molar-refractivity contribution is 0.246. The Hall–Kier alpha value is -0.580. The molecule has 0 radical (unpaired) electrons. The molecule has 0 heterocycles. The molecule has 0 aromatic heterocycles. The fraction of sp³-hybridized carbons (Fsp3) is 0.625. The van der Waals surface area contributed by atoms with Gasteiger partial charge < -0.3 is 5.32 Å². The van der Waals surface area contributed by atoms with Gasteiger partial charge in [0.2, 0.25) is 0 Å². The smallest absolute Gasteiger partial charge is 0.182 e. The summed E-state index contributed by atoms with van der Waals surface area (Å²) >= 11 is 5.86. The van der Waals surface area contributed by atoms with Crippen molar-refractivity contribution in [2.75, 3.05) is 7.05 Å². The lowest BCUT2D eigenvalue weighted by atomic mass is 9.79. The molecule has 2 rings (SSSR count). The van der Waals surface area contributed by atoms with Crippen LogP contribution in [-0.4, -0.2) is 26.8 Å². The van der Waals surface area contributed by atoms with Gasteiger partial charge in [-0.1, -0.05) is 25.4 Å². The first kappa shape index (κ1) is 16.8. The van der Waals surface area contributed by atoms with Crippen molar-refractivity contribution >= 4 is 21.4 Å². The summed E-state index contributed by atoms with van der Waals surface area (Å²) in [5.41, 5.74) is 0. The second-order valence-electron chi connectivity index (χ2n) is 6.25. The standard InChI is InChI=1S/C16H24ClNO2S/c1-11(2)12-4-9-15(18-3)16(10-12)21(19,20)14-7-5-13(17)6-8-14/h5-8,11-12,15-16,18H,4,9-10H2,1-3H3. The highest BCUT2D eigenvalue weighted by Gasteiger charge is 2.39. The van der Waals surface area contributed by atoms with Crippen molar-refractivity contribution < 1.29 is 8.42 Å². The van der Waals surface area contributed by atoms with Crippen molar-refractivity contribution in [3.8, 4) is 0 Å². The van der Waals surface area contributed by atoms with Crippen LogP contribution in [-0.2, 0) is 9.84 Å². The van der Waals surface area contributed by atoms with Crippen LogP contribution in [0.5, 0.6) is 0 Å². The molecule has 5 heteroatoms. The normalized spacial score (nSPS) is 27.0. The summed E-state index contributed by atoms with van der Waals surface area (Å²) < 4.78 is 25.9. The van der Waals surface area contributed by atoms with Gasteiger partial charge in [0.05, 0.1) is 10.1 Å². The Morgan fingerprint density at radius 1 is 1.19 bits per heavy atom. The van der Waals surface area contributed by atoms with Crippen molar-refractivity contribution in [1.82, 2.24) is 5.32 Å². The Kier molecular flexibility index (Phi) is 5.33. The summed E-state index contributed by atoms with van der Waals surface area (Å²) in [5.74, 6) is 0.993. The first-order chi connectivity index (χ1) is 9.86. The van der Waals surface area contributed by atoms with E-state index in [1.807, 2.05) is 7.05 Å². The Balaban J connectivity index is 2.32. The quantitative estimate of drug-likeness (QED) is 0.919. The predicted octanol–water partition coefficient (Wildman–Crippen LogP) is 3.53. The number of sulfone groups is 1. The SMILES string of the molecule is CNC1CCC(C(C)C)CC1S(=O)(=O)c1ccc(Cl)cc1. The topological polar surface area (TPSA) is 46.2 Å². The van der Waals surface area contributed by atoms with E-state index in [9.17, 15) is 8.42 Å². The number of benzene rings is 1. The van der Waals surface area contributed by atoms with Gasteiger partial charge in [-0.15, -0.1) is 0 Å². The highest BCUT2D eigenvalue weighted by molar-refractivity contribution is 7.92. The molecule has 21 heavy (non-hydrogen) atoms. The van der Waals surface area contributed by atoms with Crippen molar-refractivity contribution in [2.24, 2.45) is 11.8 Å². The molecule has 0 amide bonds. The van der Waals surface area contributed by atoms with E-state index in [4.69, 9.17) is 11.6 Å². The van der Waals surface area contributed by atoms with Crippen molar-refractivity contribution in [3.05, 3.63) is 29.3 Å². The predicted molar refractivity (Wildman–Crippen MR) is 87.5 cm³/mol. The first-order valence-electron chi connectivity index (χ1n) is 7.53. The summed E-state index contributed by atoms with van der Waals surface area (Å²) in [5, 5.41) is 3.40. The number of hydrogen-bond acceptors (Lipinski definition) is 3. The summed E-state index contributed by atoms with van der Waals surface area (Å²) in [4.78, 5) is 0.376. The van der Waals surface area contributed by atoms with Crippen molar-refractivity contribution in [1.29, 1.82) is 0 Å². The van der Waals surface area contributed by atoms with Gasteiger partial charge >= 0.3 is 0 Å². The molecule has 0 saturated heterocycles. The van der Waals surface area contributed by atoms with Gasteiger partial charge in [0.1, 0.15) is 0 Å². The van der Waals surface area contributed by atoms with Crippen molar-refractivity contribution in [3.63, 3.8) is 0 Å². The molecule has 1 fully saturated rings. The molecule has 1 aliphatic carbocycles. The molecule has 0 spiro atoms. The molecule has 1 N–H and O–H groups in total. The minimum atomic E-state index is -3.33. The van der Waals surface area contributed by atoms with Crippen LogP contribution in [0.15, 0.2) is 29.2 Å². The zero-order valence-electron chi connectivity index (χ0n) is 12.8. The van der Waals surface area contributed by atoms with Crippen LogP contribution < -0.4 is 5.32 Å². The Bertz CT molecular complexity index is 568. The number of rotatable bonds is 4. The molecule has 1 saturated carbocycles. The summed E-state index contributed by atoms with van der Waals surface area (Å²) in [7, 11) is -1.48. The third-order valence-electron chi connectivity index (χ3n) is 4.69. The van der Waals surface area contributed by atoms with Gasteiger partial charge in [-0.2, -0.15) is 0 Å². The van der Waals surface area contributed by atoms with Crippen LogP contribution in [0.2, 0.25) is 5.02 Å². The van der Waals surface area contributed by atoms with Crippen LogP contribution in [0.4, 0.5) is 0 Å². The van der Waals surface area contributed by atoms with E-state index < -0.39 is 9.84 Å². The molecule has 3 atom stereocenters. The minimum Gasteiger partial charge on any atom is -0.316 e. The zero-order chi connectivity index (χ0) is 15.6. The van der Waals surface area contributed by atoms with Crippen molar-refractivity contribution in [2.45, 2.75) is 49.3 Å². The van der Waals surface area contributed by atoms with Gasteiger partial charge in [0.25, 0.3) is 0 Å². The third kappa shape index (κ3) is 3.61. The Morgan fingerprint density at radius 3 is 2.33 bits per heavy atom. The molecule has 0 aliphatic heterocycles. The molecule has 1 aliphatic rings. The van der Waals surface area contributed by atoms with E-state index in [2.05, 4.69) is 19.2 Å². The Morgan fingerprint density at radius 2 is 1.81 bits per heavy atom. The van der Waals surface area contributed by atoms with Crippen LogP contribution >= 0.6 is 11.6 Å². The largest absolute Gasteiger partial charge is 0.316 e. The summed E-state index contributed by atoms with van der Waals surface area (Å²) in [6, 6.07) is 6.55. The average molecular weight is 330 g/mol. The van der Waals surface area contributed by atoms with E-state index in [0.29, 0.717) is 21.8 Å². The van der Waals surface area contributed by atoms with Gasteiger partial charge in [-0.05, 0) is 62.4 Å². The molecular weight excluding hydrogens is 306 g/mol. The van der Waals surface area contributed by atoms with Gasteiger partial charge in [-0.3, -0.25) is 0 Å². The fourth-order valence-corrected chi connectivity index (χ4v) is 5.43. The number of nitrogens with one attached hydrogen (secondary N) is 1. The molecule has 1 aromatic carbocycles. The van der Waals surface area contributed by atoms with E-state index in [1.165, 1.54) is 0 Å². The van der Waals surface area contributed by atoms with Gasteiger partial charge in [-0.25, -0.2) is 8.42 Å². The van der Waals surface area contributed by atoms with Gasteiger partial charge in [0, 0.05) is 11.1 Å². The van der Waals surface area contributed by atoms with E-state index in [0.717, 1.165) is 19.3 Å². The van der Waals surface area contributed by atoms with E-state index in [1.54, 1.807) is 24.3 Å². The van der Waals surface area contributed by atoms with Crippen LogP contribution in [0, 0.1) is 11.8 Å². The number of hydrogen-bond donors (Lipinski definition) is 1. The van der Waals surface area contributed by atoms with E-state index in [-0.39, 0.29) is 11.3 Å². The third-order valence-corrected chi connectivity index (χ3v) is 7.19. The summed E-state index contributed by atoms with van der Waals surface area (Å²) in [6.45, 7) is 4.35. The van der Waals surface area contributed by atoms with Crippen LogP contribution in [0.3, 0.4) is 0 Å². The number of halogens is 1. The maximum absolute atomic E-state index is 13.0. The van der Waals surface area contributed by atoms with Gasteiger partial charge in [0.15, 0.2) is 9.84 Å². The second kappa shape index (κ2) is 6.67. The molecular formula is C16H24ClNO2S. The fourth-order valence-electron chi connectivity index (χ4n) is 3.24. The lowest BCUT2D eigenvalue weighted by Gasteiger charge is -2.37. The molecule has 3 unspecified atom stereocenters. The lowest BCUT2D eigenvalue weighted by Crippen LogP contribution is -2.47. The molecule has 1 aromatic rings. The zero-order valence-corrected chi connectivity index (χ0v) is 14.4. The summed E-state index contributed by atoms with van der Waals surface area (Å²) in [6.07, 6.45) is 2.74.